The number of aromatic nitrogens is 2. The quantitative estimate of drug-likeness (QED) is 0.795. The van der Waals surface area contributed by atoms with Gasteiger partial charge in [0.1, 0.15) is 10.8 Å². The van der Waals surface area contributed by atoms with E-state index < -0.39 is 0 Å². The summed E-state index contributed by atoms with van der Waals surface area (Å²) >= 11 is 7.30. The molecule has 0 aliphatic heterocycles. The molecule has 120 valence electrons. The molecule has 2 rings (SSSR count). The van der Waals surface area contributed by atoms with E-state index >= 15 is 0 Å². The van der Waals surface area contributed by atoms with Gasteiger partial charge in [-0.15, -0.1) is 22.6 Å². The molecule has 0 aliphatic carbocycles. The van der Waals surface area contributed by atoms with Crippen molar-refractivity contribution in [3.8, 4) is 5.75 Å². The van der Waals surface area contributed by atoms with Gasteiger partial charge in [0.25, 0.3) is 5.91 Å². The van der Waals surface area contributed by atoms with Crippen molar-refractivity contribution in [2.75, 3.05) is 18.2 Å². The second kappa shape index (κ2) is 8.17. The molecule has 1 aromatic carbocycles. The summed E-state index contributed by atoms with van der Waals surface area (Å²) < 4.78 is 5.15. The third kappa shape index (κ3) is 4.22. The lowest BCUT2D eigenvalue weighted by Crippen LogP contribution is -2.13. The Morgan fingerprint density at radius 2 is 2.18 bits per heavy atom. The molecule has 9 heteroatoms. The van der Waals surface area contributed by atoms with Gasteiger partial charge in [-0.2, -0.15) is 0 Å². The summed E-state index contributed by atoms with van der Waals surface area (Å²) in [5, 5.41) is 12.2. The molecule has 1 aromatic heterocycles. The Morgan fingerprint density at radius 3 is 2.82 bits per heavy atom. The van der Waals surface area contributed by atoms with E-state index in [0.717, 1.165) is 17.8 Å². The number of nitrogens with two attached hydrogens (primary N) is 1. The minimum Gasteiger partial charge on any atom is -0.496 e. The maximum Gasteiger partial charge on any atom is 0.261 e. The van der Waals surface area contributed by atoms with E-state index in [9.17, 15) is 4.79 Å². The molecule has 0 aliphatic rings. The second-order valence-corrected chi connectivity index (χ2v) is 5.75. The number of carbonyl (C=O) groups excluding carboxylic acids is 1. The van der Waals surface area contributed by atoms with E-state index in [2.05, 4.69) is 22.4 Å². The number of benzene rings is 1. The summed E-state index contributed by atoms with van der Waals surface area (Å²) in [6, 6.07) is 2.99. The van der Waals surface area contributed by atoms with Crippen molar-refractivity contribution >= 4 is 52.1 Å². The van der Waals surface area contributed by atoms with E-state index in [1.165, 1.54) is 30.6 Å². The topological polar surface area (TPSA) is 90.1 Å². The first-order valence-electron chi connectivity index (χ1n) is 6.31. The van der Waals surface area contributed by atoms with Gasteiger partial charge >= 0.3 is 0 Å². The van der Waals surface area contributed by atoms with Crippen LogP contribution in [0.1, 0.15) is 28.7 Å². The largest absolute Gasteiger partial charge is 0.496 e. The van der Waals surface area contributed by atoms with Crippen LogP contribution in [-0.2, 0) is 6.42 Å². The average molecular weight is 363 g/mol. The van der Waals surface area contributed by atoms with Crippen molar-refractivity contribution in [2.24, 2.45) is 0 Å². The highest BCUT2D eigenvalue weighted by atomic mass is 35.5. The zero-order valence-electron chi connectivity index (χ0n) is 12.1. The molecule has 0 saturated carbocycles. The summed E-state index contributed by atoms with van der Waals surface area (Å²) in [6.07, 6.45) is 1.81. The van der Waals surface area contributed by atoms with E-state index in [-0.39, 0.29) is 18.3 Å². The number of amides is 1. The van der Waals surface area contributed by atoms with Crippen LogP contribution in [0, 0.1) is 0 Å². The van der Waals surface area contributed by atoms with Crippen LogP contribution < -0.4 is 15.8 Å². The SMILES string of the molecule is CCCc1nnc(NC(=O)c2cc(Cl)c(N)cc2OC)s1.Cl. The first-order chi connectivity index (χ1) is 10.0. The van der Waals surface area contributed by atoms with Gasteiger partial charge in [-0.05, 0) is 12.5 Å². The minimum absolute atomic E-state index is 0. The molecular formula is C13H16Cl2N4O2S. The fourth-order valence-electron chi connectivity index (χ4n) is 1.70. The van der Waals surface area contributed by atoms with Gasteiger partial charge < -0.3 is 10.5 Å². The number of nitrogens with zero attached hydrogens (tertiary/aromatic N) is 2. The lowest BCUT2D eigenvalue weighted by molar-refractivity contribution is 0.102. The van der Waals surface area contributed by atoms with Crippen molar-refractivity contribution < 1.29 is 9.53 Å². The van der Waals surface area contributed by atoms with Crippen LogP contribution in [0.25, 0.3) is 0 Å². The number of methoxy groups -OCH3 is 1. The molecule has 0 radical (unpaired) electrons. The van der Waals surface area contributed by atoms with E-state index in [1.54, 1.807) is 0 Å². The zero-order valence-corrected chi connectivity index (χ0v) is 14.4. The highest BCUT2D eigenvalue weighted by Crippen LogP contribution is 2.29. The van der Waals surface area contributed by atoms with Gasteiger partial charge in [0.05, 0.1) is 23.4 Å². The van der Waals surface area contributed by atoms with E-state index in [0.29, 0.717) is 27.2 Å². The molecule has 0 fully saturated rings. The monoisotopic (exact) mass is 362 g/mol. The second-order valence-electron chi connectivity index (χ2n) is 4.28. The molecule has 1 heterocycles. The number of aryl methyl sites for hydroxylation is 1. The molecular weight excluding hydrogens is 347 g/mol. The molecule has 0 bridgehead atoms. The number of rotatable bonds is 5. The van der Waals surface area contributed by atoms with E-state index in [4.69, 9.17) is 22.1 Å². The predicted octanol–water partition coefficient (Wildman–Crippen LogP) is 3.41. The highest BCUT2D eigenvalue weighted by molar-refractivity contribution is 7.15. The highest BCUT2D eigenvalue weighted by Gasteiger charge is 2.16. The Bertz CT molecular complexity index is 663. The van der Waals surface area contributed by atoms with Crippen LogP contribution in [0.15, 0.2) is 12.1 Å². The number of nitrogen functional groups attached to an aromatic ring is 1. The van der Waals surface area contributed by atoms with Gasteiger partial charge in [0.2, 0.25) is 5.13 Å². The third-order valence-corrected chi connectivity index (χ3v) is 3.94. The lowest BCUT2D eigenvalue weighted by Gasteiger charge is -2.09. The van der Waals surface area contributed by atoms with Gasteiger partial charge in [-0.3, -0.25) is 10.1 Å². The molecule has 2 aromatic rings. The van der Waals surface area contributed by atoms with Crippen molar-refractivity contribution in [1.82, 2.24) is 10.2 Å². The van der Waals surface area contributed by atoms with Gasteiger partial charge in [0, 0.05) is 12.5 Å². The fourth-order valence-corrected chi connectivity index (χ4v) is 2.70. The van der Waals surface area contributed by atoms with Crippen LogP contribution in [-0.4, -0.2) is 23.2 Å². The van der Waals surface area contributed by atoms with Crippen LogP contribution in [0.2, 0.25) is 5.02 Å². The number of carbonyl (C=O) groups is 1. The molecule has 0 spiro atoms. The summed E-state index contributed by atoms with van der Waals surface area (Å²) in [7, 11) is 1.46. The molecule has 1 amide bonds. The number of ether oxygens (including phenoxy) is 1. The predicted molar refractivity (Wildman–Crippen MR) is 91.5 cm³/mol. The fraction of sp³-hybridized carbons (Fsp3) is 0.308. The molecule has 0 atom stereocenters. The Morgan fingerprint density at radius 1 is 1.45 bits per heavy atom. The standard InChI is InChI=1S/C13H15ClN4O2S.ClH/c1-3-4-11-17-18-13(21-11)16-12(19)7-5-8(14)9(15)6-10(7)20-2;/h5-6H,3-4,15H2,1-2H3,(H,16,18,19);1H. The lowest BCUT2D eigenvalue weighted by atomic mass is 10.1. The van der Waals surface area contributed by atoms with Gasteiger partial charge in [-0.25, -0.2) is 0 Å². The van der Waals surface area contributed by atoms with Crippen molar-refractivity contribution in [3.63, 3.8) is 0 Å². The average Bonchev–Trinajstić information content (AvgIpc) is 2.89. The maximum atomic E-state index is 12.3. The third-order valence-electron chi connectivity index (χ3n) is 2.71. The molecule has 0 unspecified atom stereocenters. The smallest absolute Gasteiger partial charge is 0.261 e. The minimum atomic E-state index is -0.368. The Balaban J connectivity index is 0.00000242. The maximum absolute atomic E-state index is 12.3. The summed E-state index contributed by atoms with van der Waals surface area (Å²) in [6.45, 7) is 2.06. The van der Waals surface area contributed by atoms with E-state index in [1.807, 2.05) is 0 Å². The molecule has 22 heavy (non-hydrogen) atoms. The van der Waals surface area contributed by atoms with Crippen molar-refractivity contribution in [2.45, 2.75) is 19.8 Å². The van der Waals surface area contributed by atoms with Gasteiger partial charge in [-0.1, -0.05) is 29.9 Å². The van der Waals surface area contributed by atoms with Crippen LogP contribution >= 0.6 is 35.3 Å². The van der Waals surface area contributed by atoms with Crippen LogP contribution in [0.3, 0.4) is 0 Å². The summed E-state index contributed by atoms with van der Waals surface area (Å²) in [5.74, 6) is -0.0133. The molecule has 0 saturated heterocycles. The van der Waals surface area contributed by atoms with Crippen LogP contribution in [0.4, 0.5) is 10.8 Å². The van der Waals surface area contributed by atoms with Crippen LogP contribution in [0.5, 0.6) is 5.75 Å². The first-order valence-corrected chi connectivity index (χ1v) is 7.51. The number of hydrogen-bond donors (Lipinski definition) is 2. The first kappa shape index (κ1) is 18.5. The number of nitrogens with one attached hydrogen (secondary N) is 1. The normalized spacial score (nSPS) is 9.95. The number of anilines is 2. The summed E-state index contributed by atoms with van der Waals surface area (Å²) in [4.78, 5) is 12.3. The zero-order chi connectivity index (χ0) is 15.4. The van der Waals surface area contributed by atoms with Gasteiger partial charge in [0.15, 0.2) is 0 Å². The van der Waals surface area contributed by atoms with Crippen molar-refractivity contribution in [1.29, 1.82) is 0 Å². The van der Waals surface area contributed by atoms with Crippen molar-refractivity contribution in [3.05, 3.63) is 27.7 Å². The number of halogens is 2. The molecule has 6 nitrogen and oxygen atoms in total. The summed E-state index contributed by atoms with van der Waals surface area (Å²) in [5.41, 5.74) is 6.34. The number of hydrogen-bond acceptors (Lipinski definition) is 6. The Hall–Kier alpha value is -1.57. The molecule has 3 N–H and O–H groups in total. The Kier molecular flexibility index (Phi) is 6.86. The Labute approximate surface area is 143 Å².